The quantitative estimate of drug-likeness (QED) is 0.851. The van der Waals surface area contributed by atoms with Gasteiger partial charge in [-0.05, 0) is 32.0 Å². The lowest BCUT2D eigenvalue weighted by Crippen LogP contribution is -2.48. The minimum absolute atomic E-state index is 0.137. The van der Waals surface area contributed by atoms with Crippen LogP contribution in [-0.4, -0.2) is 45.1 Å². The summed E-state index contributed by atoms with van der Waals surface area (Å²) in [5, 5.41) is 0. The SMILES string of the molecule is COc1ccc(F)cc1S(=O)(=O)N1C[C@@H](C)O[C@H](C)C1. The molecule has 0 saturated carbocycles. The topological polar surface area (TPSA) is 55.8 Å². The zero-order valence-corrected chi connectivity index (χ0v) is 12.5. The van der Waals surface area contributed by atoms with Crippen LogP contribution in [0.5, 0.6) is 5.75 Å². The molecule has 1 saturated heterocycles. The lowest BCUT2D eigenvalue weighted by Gasteiger charge is -2.34. The number of halogens is 1. The lowest BCUT2D eigenvalue weighted by molar-refractivity contribution is -0.0441. The van der Waals surface area contributed by atoms with Crippen molar-refractivity contribution in [1.82, 2.24) is 4.31 Å². The van der Waals surface area contributed by atoms with Crippen molar-refractivity contribution in [3.05, 3.63) is 24.0 Å². The maximum Gasteiger partial charge on any atom is 0.247 e. The molecule has 0 N–H and O–H groups in total. The number of rotatable bonds is 3. The fraction of sp³-hybridized carbons (Fsp3) is 0.538. The van der Waals surface area contributed by atoms with Gasteiger partial charge in [-0.25, -0.2) is 12.8 Å². The minimum atomic E-state index is -3.80. The monoisotopic (exact) mass is 303 g/mol. The number of benzene rings is 1. The number of sulfonamides is 1. The van der Waals surface area contributed by atoms with Crippen LogP contribution in [0.2, 0.25) is 0 Å². The number of ether oxygens (including phenoxy) is 2. The summed E-state index contributed by atoms with van der Waals surface area (Å²) in [4.78, 5) is -0.152. The van der Waals surface area contributed by atoms with Crippen LogP contribution in [-0.2, 0) is 14.8 Å². The molecular formula is C13H18FNO4S. The highest BCUT2D eigenvalue weighted by Crippen LogP contribution is 2.29. The largest absolute Gasteiger partial charge is 0.495 e. The van der Waals surface area contributed by atoms with Crippen molar-refractivity contribution in [2.24, 2.45) is 0 Å². The van der Waals surface area contributed by atoms with E-state index >= 15 is 0 Å². The number of hydrogen-bond donors (Lipinski definition) is 0. The molecule has 1 aliphatic heterocycles. The average molecular weight is 303 g/mol. The highest BCUT2D eigenvalue weighted by molar-refractivity contribution is 7.89. The normalized spacial score (nSPS) is 24.6. The fourth-order valence-electron chi connectivity index (χ4n) is 2.32. The second-order valence-electron chi connectivity index (χ2n) is 4.87. The maximum atomic E-state index is 13.4. The second-order valence-corrected chi connectivity index (χ2v) is 6.78. The third kappa shape index (κ3) is 2.94. The number of methoxy groups -OCH3 is 1. The van der Waals surface area contributed by atoms with Crippen molar-refractivity contribution in [1.29, 1.82) is 0 Å². The molecule has 0 unspecified atom stereocenters. The first kappa shape index (κ1) is 15.2. The maximum absolute atomic E-state index is 13.4. The Hall–Kier alpha value is -1.18. The summed E-state index contributed by atoms with van der Waals surface area (Å²) < 4.78 is 50.5. The van der Waals surface area contributed by atoms with E-state index in [-0.39, 0.29) is 35.9 Å². The summed E-state index contributed by atoms with van der Waals surface area (Å²) in [6.45, 7) is 4.10. The minimum Gasteiger partial charge on any atom is -0.495 e. The van der Waals surface area contributed by atoms with E-state index < -0.39 is 15.8 Å². The number of morpholine rings is 1. The fourth-order valence-corrected chi connectivity index (χ4v) is 4.08. The first-order valence-electron chi connectivity index (χ1n) is 6.33. The molecule has 2 rings (SSSR count). The van der Waals surface area contributed by atoms with Gasteiger partial charge in [0.2, 0.25) is 10.0 Å². The van der Waals surface area contributed by atoms with E-state index in [9.17, 15) is 12.8 Å². The molecule has 20 heavy (non-hydrogen) atoms. The molecule has 0 aromatic heterocycles. The molecule has 0 spiro atoms. The second kappa shape index (κ2) is 5.67. The van der Waals surface area contributed by atoms with E-state index in [1.165, 1.54) is 23.5 Å². The zero-order valence-electron chi connectivity index (χ0n) is 11.7. The van der Waals surface area contributed by atoms with Crippen molar-refractivity contribution in [2.75, 3.05) is 20.2 Å². The first-order chi connectivity index (χ1) is 9.34. The molecular weight excluding hydrogens is 285 g/mol. The van der Waals surface area contributed by atoms with Crippen LogP contribution in [0.1, 0.15) is 13.8 Å². The van der Waals surface area contributed by atoms with Crippen LogP contribution in [0.15, 0.2) is 23.1 Å². The van der Waals surface area contributed by atoms with Gasteiger partial charge < -0.3 is 9.47 Å². The van der Waals surface area contributed by atoms with Gasteiger partial charge in [0.1, 0.15) is 16.5 Å². The van der Waals surface area contributed by atoms with Crippen LogP contribution in [0.3, 0.4) is 0 Å². The lowest BCUT2D eigenvalue weighted by atomic mass is 10.3. The predicted molar refractivity (Wildman–Crippen MR) is 71.7 cm³/mol. The van der Waals surface area contributed by atoms with Gasteiger partial charge in [0.15, 0.2) is 0 Å². The Morgan fingerprint density at radius 1 is 1.30 bits per heavy atom. The van der Waals surface area contributed by atoms with Crippen molar-refractivity contribution < 1.29 is 22.3 Å². The van der Waals surface area contributed by atoms with Crippen molar-refractivity contribution >= 4 is 10.0 Å². The third-order valence-corrected chi connectivity index (χ3v) is 4.98. The molecule has 1 aromatic carbocycles. The van der Waals surface area contributed by atoms with Crippen LogP contribution in [0.4, 0.5) is 4.39 Å². The summed E-state index contributed by atoms with van der Waals surface area (Å²) in [6, 6.07) is 3.47. The molecule has 1 aliphatic rings. The molecule has 1 heterocycles. The zero-order chi connectivity index (χ0) is 14.9. The molecule has 7 heteroatoms. The van der Waals surface area contributed by atoms with Gasteiger partial charge in [0, 0.05) is 13.1 Å². The van der Waals surface area contributed by atoms with E-state index in [2.05, 4.69) is 0 Å². The van der Waals surface area contributed by atoms with Gasteiger partial charge in [0.25, 0.3) is 0 Å². The Balaban J connectivity index is 2.42. The molecule has 0 radical (unpaired) electrons. The molecule has 0 bridgehead atoms. The highest BCUT2D eigenvalue weighted by Gasteiger charge is 2.34. The summed E-state index contributed by atoms with van der Waals surface area (Å²) >= 11 is 0. The van der Waals surface area contributed by atoms with E-state index in [0.717, 1.165) is 6.07 Å². The molecule has 5 nitrogen and oxygen atoms in total. The van der Waals surface area contributed by atoms with Crippen molar-refractivity contribution in [3.63, 3.8) is 0 Å². The van der Waals surface area contributed by atoms with Gasteiger partial charge in [-0.3, -0.25) is 0 Å². The van der Waals surface area contributed by atoms with Gasteiger partial charge >= 0.3 is 0 Å². The summed E-state index contributed by atoms with van der Waals surface area (Å²) in [6.07, 6.45) is -0.402. The summed E-state index contributed by atoms with van der Waals surface area (Å²) in [5.41, 5.74) is 0. The van der Waals surface area contributed by atoms with Gasteiger partial charge in [0.05, 0.1) is 19.3 Å². The van der Waals surface area contributed by atoms with Gasteiger partial charge in [-0.1, -0.05) is 0 Å². The van der Waals surface area contributed by atoms with E-state index in [4.69, 9.17) is 9.47 Å². The summed E-state index contributed by atoms with van der Waals surface area (Å²) in [5.74, 6) is -0.475. The highest BCUT2D eigenvalue weighted by atomic mass is 32.2. The van der Waals surface area contributed by atoms with E-state index in [0.29, 0.717) is 0 Å². The molecule has 1 aromatic rings. The smallest absolute Gasteiger partial charge is 0.247 e. The molecule has 0 aliphatic carbocycles. The third-order valence-electron chi connectivity index (χ3n) is 3.13. The number of hydrogen-bond acceptors (Lipinski definition) is 4. The Morgan fingerprint density at radius 3 is 2.45 bits per heavy atom. The standard InChI is InChI=1S/C13H18FNO4S/c1-9-7-15(8-10(2)19-9)20(16,17)13-6-11(14)4-5-12(13)18-3/h4-6,9-10H,7-8H2,1-3H3/t9-,10-/m1/s1. The molecule has 1 fully saturated rings. The number of nitrogens with zero attached hydrogens (tertiary/aromatic N) is 1. The van der Waals surface area contributed by atoms with Crippen LogP contribution >= 0.6 is 0 Å². The van der Waals surface area contributed by atoms with E-state index in [1.807, 2.05) is 0 Å². The molecule has 0 amide bonds. The van der Waals surface area contributed by atoms with E-state index in [1.54, 1.807) is 13.8 Å². The Morgan fingerprint density at radius 2 is 1.90 bits per heavy atom. The van der Waals surface area contributed by atoms with Crippen molar-refractivity contribution in [2.45, 2.75) is 31.0 Å². The van der Waals surface area contributed by atoms with Crippen LogP contribution < -0.4 is 4.74 Å². The van der Waals surface area contributed by atoms with Gasteiger partial charge in [-0.15, -0.1) is 0 Å². The van der Waals surface area contributed by atoms with Crippen LogP contribution in [0, 0.1) is 5.82 Å². The Kier molecular flexibility index (Phi) is 4.31. The molecule has 2 atom stereocenters. The first-order valence-corrected chi connectivity index (χ1v) is 7.77. The Bertz CT molecular complexity index is 580. The van der Waals surface area contributed by atoms with Crippen molar-refractivity contribution in [3.8, 4) is 5.75 Å². The van der Waals surface area contributed by atoms with Crippen LogP contribution in [0.25, 0.3) is 0 Å². The summed E-state index contributed by atoms with van der Waals surface area (Å²) in [7, 11) is -2.45. The molecule has 112 valence electrons. The van der Waals surface area contributed by atoms with Gasteiger partial charge in [-0.2, -0.15) is 4.31 Å². The predicted octanol–water partition coefficient (Wildman–Crippen LogP) is 1.63. The average Bonchev–Trinajstić information content (AvgIpc) is 2.37. The Labute approximate surface area is 118 Å².